The van der Waals surface area contributed by atoms with E-state index in [0.29, 0.717) is 32.1 Å². The molecule has 149 valence electrons. The van der Waals surface area contributed by atoms with Gasteiger partial charge in [-0.2, -0.15) is 0 Å². The lowest BCUT2D eigenvalue weighted by Gasteiger charge is -1.98. The summed E-state index contributed by atoms with van der Waals surface area (Å²) in [5.74, 6) is 0. The lowest BCUT2D eigenvalue weighted by molar-refractivity contribution is -0.450. The molecule has 0 atom stereocenters. The number of rotatable bonds is 16. The first-order valence-electron chi connectivity index (χ1n) is 9.34. The number of nitrogens with zero attached hydrogens (tertiary/aromatic N) is 2. The molecule has 0 aliphatic carbocycles. The van der Waals surface area contributed by atoms with Crippen LogP contribution in [0.2, 0.25) is 0 Å². The summed E-state index contributed by atoms with van der Waals surface area (Å²) in [6.45, 7) is 2.12. The third-order valence-corrected chi connectivity index (χ3v) is 3.77. The number of hydrogen-bond donors (Lipinski definition) is 0. The van der Waals surface area contributed by atoms with Crippen molar-refractivity contribution in [2.24, 2.45) is 0 Å². The quantitative estimate of drug-likeness (QED) is 0.154. The van der Waals surface area contributed by atoms with Crippen molar-refractivity contribution in [3.8, 4) is 0 Å². The Kier molecular flexibility index (Phi) is 15.3. The van der Waals surface area contributed by atoms with Crippen molar-refractivity contribution in [3.63, 3.8) is 0 Å². The van der Waals surface area contributed by atoms with Crippen LogP contribution < -0.4 is 0 Å². The minimum absolute atomic E-state index is 0.165. The highest BCUT2D eigenvalue weighted by Gasteiger charge is 2.20. The maximum absolute atomic E-state index is 11.2. The second-order valence-corrected chi connectivity index (χ2v) is 6.03. The first kappa shape index (κ1) is 24.4. The number of hydrogen-bond acceptors (Lipinski definition) is 5. The van der Waals surface area contributed by atoms with Gasteiger partial charge in [-0.1, -0.05) is 44.1 Å². The van der Waals surface area contributed by atoms with Gasteiger partial charge in [0.25, 0.3) is 11.4 Å². The van der Waals surface area contributed by atoms with Crippen LogP contribution >= 0.6 is 0 Å². The van der Waals surface area contributed by atoms with Gasteiger partial charge < -0.3 is 0 Å². The van der Waals surface area contributed by atoms with Gasteiger partial charge in [0.2, 0.25) is 0 Å². The molecule has 0 unspecified atom stereocenters. The van der Waals surface area contributed by atoms with Gasteiger partial charge in [0.05, 0.1) is 9.85 Å². The van der Waals surface area contributed by atoms with E-state index in [0.717, 1.165) is 25.7 Å². The monoisotopic (exact) mass is 377 g/mol. The molecule has 0 N–H and O–H groups in total. The summed E-state index contributed by atoms with van der Waals surface area (Å²) in [5, 5.41) is 22.3. The molecule has 0 saturated heterocycles. The van der Waals surface area contributed by atoms with Gasteiger partial charge in [-0.3, -0.25) is 25.0 Å². The van der Waals surface area contributed by atoms with E-state index in [1.54, 1.807) is 12.4 Å². The second-order valence-electron chi connectivity index (χ2n) is 6.03. The van der Waals surface area contributed by atoms with Crippen LogP contribution in [0.3, 0.4) is 0 Å². The molecule has 0 spiro atoms. The Labute approximate surface area is 160 Å². The van der Waals surface area contributed by atoms with Crippen LogP contribution in [0.1, 0.15) is 71.1 Å². The molecule has 0 aromatic carbocycles. The molecule has 0 rings (SSSR count). The molecule has 0 heterocycles. The number of allylic oxidation sites excluding steroid dienone is 6. The van der Waals surface area contributed by atoms with Crippen molar-refractivity contribution in [2.45, 2.75) is 71.1 Å². The lowest BCUT2D eigenvalue weighted by Crippen LogP contribution is -2.06. The topological polar surface area (TPSA) is 103 Å². The van der Waals surface area contributed by atoms with Gasteiger partial charge in [-0.05, 0) is 50.7 Å². The largest absolute Gasteiger partial charge is 0.291 e. The fourth-order valence-electron chi connectivity index (χ4n) is 2.25. The summed E-state index contributed by atoms with van der Waals surface area (Å²) in [7, 11) is 0. The third kappa shape index (κ3) is 14.3. The Morgan fingerprint density at radius 2 is 1.37 bits per heavy atom. The zero-order valence-electron chi connectivity index (χ0n) is 16.0. The number of unbranched alkanes of at least 4 members (excludes halogenated alkanes) is 5. The number of nitro groups is 2. The predicted molar refractivity (Wildman–Crippen MR) is 106 cm³/mol. The Balaban J connectivity index is 4.66. The molecule has 0 amide bonds. The normalized spacial score (nSPS) is 12.8. The van der Waals surface area contributed by atoms with Crippen LogP contribution in [0.4, 0.5) is 0 Å². The van der Waals surface area contributed by atoms with Crippen LogP contribution in [0.15, 0.2) is 47.9 Å². The zero-order chi connectivity index (χ0) is 20.3. The summed E-state index contributed by atoms with van der Waals surface area (Å²) >= 11 is 0. The minimum Gasteiger partial charge on any atom is -0.291 e. The molecule has 7 nitrogen and oxygen atoms in total. The van der Waals surface area contributed by atoms with Crippen molar-refractivity contribution < 1.29 is 14.6 Å². The molecule has 0 aliphatic rings. The molecule has 0 saturated carbocycles. The zero-order valence-corrected chi connectivity index (χ0v) is 16.0. The Morgan fingerprint density at radius 1 is 0.852 bits per heavy atom. The molecule has 27 heavy (non-hydrogen) atoms. The summed E-state index contributed by atoms with van der Waals surface area (Å²) in [6, 6.07) is 0. The Hall–Kier alpha value is -2.57. The molecule has 0 fully saturated rings. The van der Waals surface area contributed by atoms with E-state index >= 15 is 0 Å². The van der Waals surface area contributed by atoms with Gasteiger partial charge in [0.1, 0.15) is 6.42 Å². The second kappa shape index (κ2) is 16.9. The average molecular weight is 377 g/mol. The van der Waals surface area contributed by atoms with Crippen molar-refractivity contribution >= 4 is 6.29 Å². The van der Waals surface area contributed by atoms with E-state index in [-0.39, 0.29) is 17.8 Å². The molecule has 7 heteroatoms. The highest BCUT2D eigenvalue weighted by Crippen LogP contribution is 2.15. The average Bonchev–Trinajstić information content (AvgIpc) is 2.63. The summed E-state index contributed by atoms with van der Waals surface area (Å²) in [4.78, 5) is 31.2. The fourth-order valence-corrected chi connectivity index (χ4v) is 2.25. The third-order valence-electron chi connectivity index (χ3n) is 3.77. The molecule has 0 aliphatic heterocycles. The van der Waals surface area contributed by atoms with Gasteiger partial charge in [-0.15, -0.1) is 0 Å². The van der Waals surface area contributed by atoms with E-state index in [2.05, 4.69) is 6.92 Å². The summed E-state index contributed by atoms with van der Waals surface area (Å²) in [6.07, 6.45) is 18.5. The highest BCUT2D eigenvalue weighted by atomic mass is 16.6. The van der Waals surface area contributed by atoms with Gasteiger partial charge in [0, 0.05) is 6.42 Å². The maximum atomic E-state index is 11.2. The summed E-state index contributed by atoms with van der Waals surface area (Å²) in [5.41, 5.74) is -0.350. The smallest absolute Gasteiger partial charge is 0.253 e. The fraction of sp³-hybridized carbons (Fsp3) is 0.550. The van der Waals surface area contributed by atoms with Crippen LogP contribution in [-0.4, -0.2) is 16.1 Å². The molecule has 0 aromatic rings. The highest BCUT2D eigenvalue weighted by molar-refractivity contribution is 5.50. The standard InChI is InChI=1S/C20H29N2O5/c1-2-3-4-5-6-9-12-15-19(21(24)25)18-20(22(26)27)16-13-10-7-8-11-14-17-23/h6-7,9-10,15-16H,2-5,8,11-14,18H2,1H3/b9-6-,10-7-,19-15+,20-16+. The molecular formula is C20H29N2O5. The first-order valence-corrected chi connectivity index (χ1v) is 9.34. The van der Waals surface area contributed by atoms with E-state index in [4.69, 9.17) is 0 Å². The van der Waals surface area contributed by atoms with Crippen LogP contribution in [0.25, 0.3) is 0 Å². The maximum Gasteiger partial charge on any atom is 0.253 e. The van der Waals surface area contributed by atoms with E-state index in [1.807, 2.05) is 18.2 Å². The van der Waals surface area contributed by atoms with Crippen molar-refractivity contribution in [2.75, 3.05) is 0 Å². The van der Waals surface area contributed by atoms with E-state index in [1.165, 1.54) is 12.2 Å². The van der Waals surface area contributed by atoms with Crippen molar-refractivity contribution in [3.05, 3.63) is 68.1 Å². The summed E-state index contributed by atoms with van der Waals surface area (Å²) < 4.78 is 0. The van der Waals surface area contributed by atoms with Gasteiger partial charge >= 0.3 is 0 Å². The van der Waals surface area contributed by atoms with Gasteiger partial charge in [0.15, 0.2) is 6.29 Å². The number of carbonyl (C=O) groups excluding carboxylic acids is 1. The van der Waals surface area contributed by atoms with E-state index in [9.17, 15) is 25.0 Å². The van der Waals surface area contributed by atoms with Crippen molar-refractivity contribution in [1.29, 1.82) is 0 Å². The molecular weight excluding hydrogens is 348 g/mol. The molecule has 1 radical (unpaired) electrons. The van der Waals surface area contributed by atoms with Crippen LogP contribution in [-0.2, 0) is 4.79 Å². The molecule has 0 aromatic heterocycles. The molecule has 0 bridgehead atoms. The Morgan fingerprint density at radius 3 is 1.81 bits per heavy atom. The van der Waals surface area contributed by atoms with E-state index < -0.39 is 9.85 Å². The SMILES string of the molecule is CCCCC/C=C\C/C=C(\C/C(=C\C/C=C\CCC[C]=O)[N+](=O)[O-])[N+](=O)[O-]. The Bertz CT molecular complexity index is 577. The van der Waals surface area contributed by atoms with Crippen LogP contribution in [0, 0.1) is 20.2 Å². The first-order chi connectivity index (χ1) is 13.0. The lowest BCUT2D eigenvalue weighted by atomic mass is 10.1. The minimum atomic E-state index is -0.576. The van der Waals surface area contributed by atoms with Crippen molar-refractivity contribution in [1.82, 2.24) is 0 Å². The van der Waals surface area contributed by atoms with Gasteiger partial charge in [-0.25, -0.2) is 0 Å². The predicted octanol–water partition coefficient (Wildman–Crippen LogP) is 5.45. The van der Waals surface area contributed by atoms with Crippen LogP contribution in [0.5, 0.6) is 0 Å².